The van der Waals surface area contributed by atoms with Gasteiger partial charge in [-0.15, -0.1) is 0 Å². The summed E-state index contributed by atoms with van der Waals surface area (Å²) < 4.78 is 0. The minimum Gasteiger partial charge on any atom is -0.396 e. The van der Waals surface area contributed by atoms with Crippen LogP contribution >= 0.6 is 0 Å². The van der Waals surface area contributed by atoms with Gasteiger partial charge in [0.2, 0.25) is 0 Å². The molecule has 0 amide bonds. The molecule has 0 heterocycles. The van der Waals surface area contributed by atoms with E-state index < -0.39 is 0 Å². The number of para-hydroxylation sites is 2. The monoisotopic (exact) mass is 223 g/mol. The maximum atomic E-state index is 8.91. The third kappa shape index (κ3) is 2.21. The smallest absolute Gasteiger partial charge is 0.101 e. The number of hydrogen-bond acceptors (Lipinski definition) is 3. The molecule has 0 spiro atoms. The van der Waals surface area contributed by atoms with E-state index in [1.54, 1.807) is 6.07 Å². The minimum atomic E-state index is 0.484. The Labute approximate surface area is 101 Å². The Kier molecular flexibility index (Phi) is 2.97. The molecule has 0 unspecified atom stereocenters. The summed E-state index contributed by atoms with van der Waals surface area (Å²) in [6.45, 7) is 2.02. The van der Waals surface area contributed by atoms with E-state index in [1.165, 1.54) is 0 Å². The lowest BCUT2D eigenvalue weighted by atomic mass is 10.1. The molecule has 0 saturated heterocycles. The zero-order valence-electron chi connectivity index (χ0n) is 9.57. The van der Waals surface area contributed by atoms with E-state index >= 15 is 0 Å². The number of benzene rings is 2. The van der Waals surface area contributed by atoms with Crippen LogP contribution in [0.2, 0.25) is 0 Å². The average molecular weight is 223 g/mol. The molecule has 84 valence electrons. The predicted molar refractivity (Wildman–Crippen MR) is 70.0 cm³/mol. The van der Waals surface area contributed by atoms with Crippen LogP contribution in [-0.4, -0.2) is 0 Å². The number of nitrogens with two attached hydrogens (primary N) is 1. The fourth-order valence-electron chi connectivity index (χ4n) is 1.63. The van der Waals surface area contributed by atoms with E-state index in [0.717, 1.165) is 16.9 Å². The van der Waals surface area contributed by atoms with Crippen LogP contribution in [0.25, 0.3) is 0 Å². The Balaban J connectivity index is 2.38. The molecule has 0 atom stereocenters. The molecule has 0 fully saturated rings. The summed E-state index contributed by atoms with van der Waals surface area (Å²) in [6, 6.07) is 15.4. The summed E-state index contributed by atoms with van der Waals surface area (Å²) in [6.07, 6.45) is 0. The second-order valence-corrected chi connectivity index (χ2v) is 3.82. The molecule has 17 heavy (non-hydrogen) atoms. The summed E-state index contributed by atoms with van der Waals surface area (Å²) in [5.41, 5.74) is 9.77. The third-order valence-electron chi connectivity index (χ3n) is 2.64. The molecule has 0 bridgehead atoms. The molecule has 0 aliphatic heterocycles. The van der Waals surface area contributed by atoms with Crippen molar-refractivity contribution in [2.45, 2.75) is 6.92 Å². The molecule has 0 radical (unpaired) electrons. The quantitative estimate of drug-likeness (QED) is 0.768. The summed E-state index contributed by atoms with van der Waals surface area (Å²) >= 11 is 0. The molecular formula is C14H13N3. The number of nitrogen functional groups attached to an aromatic ring is 1. The molecule has 0 aromatic heterocycles. The largest absolute Gasteiger partial charge is 0.396 e. The van der Waals surface area contributed by atoms with Crippen molar-refractivity contribution in [3.05, 3.63) is 53.6 Å². The summed E-state index contributed by atoms with van der Waals surface area (Å²) in [5.74, 6) is 0. The molecule has 3 N–H and O–H groups in total. The van der Waals surface area contributed by atoms with Gasteiger partial charge in [-0.05, 0) is 30.7 Å². The predicted octanol–water partition coefficient (Wildman–Crippen LogP) is 3.19. The number of nitrogens with one attached hydrogen (secondary N) is 1. The molecule has 2 aromatic carbocycles. The minimum absolute atomic E-state index is 0.484. The Hall–Kier alpha value is -2.47. The third-order valence-corrected chi connectivity index (χ3v) is 2.64. The van der Waals surface area contributed by atoms with Crippen LogP contribution < -0.4 is 11.1 Å². The molecule has 0 saturated carbocycles. The van der Waals surface area contributed by atoms with Crippen LogP contribution in [0.3, 0.4) is 0 Å². The van der Waals surface area contributed by atoms with Crippen molar-refractivity contribution in [3.8, 4) is 6.07 Å². The van der Waals surface area contributed by atoms with Crippen LogP contribution in [0.4, 0.5) is 17.1 Å². The van der Waals surface area contributed by atoms with Gasteiger partial charge in [-0.3, -0.25) is 0 Å². The van der Waals surface area contributed by atoms with Gasteiger partial charge in [0.1, 0.15) is 6.07 Å². The molecule has 0 aliphatic carbocycles. The van der Waals surface area contributed by atoms with Crippen molar-refractivity contribution >= 4 is 17.1 Å². The second kappa shape index (κ2) is 4.58. The van der Waals surface area contributed by atoms with Gasteiger partial charge in [0.25, 0.3) is 0 Å². The lowest BCUT2D eigenvalue weighted by Crippen LogP contribution is -1.99. The lowest BCUT2D eigenvalue weighted by molar-refractivity contribution is 1.42. The highest BCUT2D eigenvalue weighted by molar-refractivity contribution is 5.78. The summed E-state index contributed by atoms with van der Waals surface area (Å²) in [5, 5.41) is 12.1. The normalized spacial score (nSPS) is 9.65. The zero-order chi connectivity index (χ0) is 12.3. The summed E-state index contributed by atoms with van der Waals surface area (Å²) in [7, 11) is 0. The van der Waals surface area contributed by atoms with Gasteiger partial charge in [-0.2, -0.15) is 5.26 Å². The fraction of sp³-hybridized carbons (Fsp3) is 0.0714. The molecule has 0 aliphatic rings. The van der Waals surface area contributed by atoms with Gasteiger partial charge in [-0.25, -0.2) is 0 Å². The maximum absolute atomic E-state index is 8.91. The van der Waals surface area contributed by atoms with Crippen LogP contribution in [0, 0.1) is 18.3 Å². The molecule has 3 heteroatoms. The van der Waals surface area contributed by atoms with Crippen molar-refractivity contribution in [1.29, 1.82) is 5.26 Å². The van der Waals surface area contributed by atoms with Gasteiger partial charge < -0.3 is 11.1 Å². The maximum Gasteiger partial charge on any atom is 0.101 e. The highest BCUT2D eigenvalue weighted by atomic mass is 14.9. The van der Waals surface area contributed by atoms with Crippen LogP contribution in [-0.2, 0) is 0 Å². The van der Waals surface area contributed by atoms with Gasteiger partial charge >= 0.3 is 0 Å². The first-order chi connectivity index (χ1) is 8.22. The Morgan fingerprint density at radius 3 is 2.47 bits per heavy atom. The van der Waals surface area contributed by atoms with Crippen molar-refractivity contribution in [2.75, 3.05) is 11.1 Å². The highest BCUT2D eigenvalue weighted by Gasteiger charge is 2.05. The van der Waals surface area contributed by atoms with E-state index in [1.807, 2.05) is 43.3 Å². The second-order valence-electron chi connectivity index (χ2n) is 3.82. The SMILES string of the molecule is Cc1ccccc1Nc1cccc(C#N)c1N. The number of nitrogens with zero attached hydrogens (tertiary/aromatic N) is 1. The van der Waals surface area contributed by atoms with Crippen molar-refractivity contribution in [1.82, 2.24) is 0 Å². The average Bonchev–Trinajstić information content (AvgIpc) is 2.34. The number of hydrogen-bond donors (Lipinski definition) is 2. The number of anilines is 3. The van der Waals surface area contributed by atoms with Crippen LogP contribution in [0.15, 0.2) is 42.5 Å². The van der Waals surface area contributed by atoms with Crippen molar-refractivity contribution < 1.29 is 0 Å². The van der Waals surface area contributed by atoms with Crippen molar-refractivity contribution in [3.63, 3.8) is 0 Å². The number of aryl methyl sites for hydroxylation is 1. The van der Waals surface area contributed by atoms with E-state index in [2.05, 4.69) is 11.4 Å². The van der Waals surface area contributed by atoms with Crippen LogP contribution in [0.5, 0.6) is 0 Å². The zero-order valence-corrected chi connectivity index (χ0v) is 9.57. The van der Waals surface area contributed by atoms with Gasteiger partial charge in [0.15, 0.2) is 0 Å². The van der Waals surface area contributed by atoms with Gasteiger partial charge in [-0.1, -0.05) is 24.3 Å². The fourth-order valence-corrected chi connectivity index (χ4v) is 1.63. The lowest BCUT2D eigenvalue weighted by Gasteiger charge is -2.12. The first kappa shape index (κ1) is 11.0. The highest BCUT2D eigenvalue weighted by Crippen LogP contribution is 2.27. The number of rotatable bonds is 2. The molecular weight excluding hydrogens is 210 g/mol. The van der Waals surface area contributed by atoms with E-state index in [9.17, 15) is 0 Å². The van der Waals surface area contributed by atoms with Gasteiger partial charge in [0.05, 0.1) is 16.9 Å². The molecule has 2 aromatic rings. The van der Waals surface area contributed by atoms with Crippen LogP contribution in [0.1, 0.15) is 11.1 Å². The number of nitriles is 1. The molecule has 2 rings (SSSR count). The van der Waals surface area contributed by atoms with Crippen molar-refractivity contribution in [2.24, 2.45) is 0 Å². The Morgan fingerprint density at radius 1 is 1.06 bits per heavy atom. The first-order valence-corrected chi connectivity index (χ1v) is 5.33. The summed E-state index contributed by atoms with van der Waals surface area (Å²) in [4.78, 5) is 0. The van der Waals surface area contributed by atoms with E-state index in [-0.39, 0.29) is 0 Å². The van der Waals surface area contributed by atoms with E-state index in [4.69, 9.17) is 11.0 Å². The topological polar surface area (TPSA) is 61.8 Å². The Morgan fingerprint density at radius 2 is 1.76 bits per heavy atom. The first-order valence-electron chi connectivity index (χ1n) is 5.33. The standard InChI is InChI=1S/C14H13N3/c1-10-5-2-3-7-12(10)17-13-8-4-6-11(9-15)14(13)16/h2-8,17H,16H2,1H3. The Bertz CT molecular complexity index is 582. The molecule has 3 nitrogen and oxygen atoms in total. The van der Waals surface area contributed by atoms with E-state index in [0.29, 0.717) is 11.3 Å². The van der Waals surface area contributed by atoms with Gasteiger partial charge in [0, 0.05) is 5.69 Å².